The average Bonchev–Trinajstić information content (AvgIpc) is 2.83. The van der Waals surface area contributed by atoms with Crippen LogP contribution in [0.3, 0.4) is 0 Å². The number of sulfonamides is 2. The van der Waals surface area contributed by atoms with Crippen LogP contribution in [0.5, 0.6) is 5.75 Å². The van der Waals surface area contributed by atoms with Crippen LogP contribution >= 0.6 is 0 Å². The van der Waals surface area contributed by atoms with E-state index in [1.54, 1.807) is 42.5 Å². The second-order valence-corrected chi connectivity index (χ2v) is 11.3. The van der Waals surface area contributed by atoms with Gasteiger partial charge in [-0.3, -0.25) is 9.52 Å². The number of ether oxygens (including phenoxy) is 1. The van der Waals surface area contributed by atoms with Crippen molar-refractivity contribution < 1.29 is 26.4 Å². The molecule has 11 heteroatoms. The average molecular weight is 516 g/mol. The normalized spacial score (nSPS) is 12.0. The number of methoxy groups -OCH3 is 1. The first-order valence-electron chi connectivity index (χ1n) is 10.3. The summed E-state index contributed by atoms with van der Waals surface area (Å²) >= 11 is 0. The zero-order valence-electron chi connectivity index (χ0n) is 19.3. The fraction of sp³-hybridized carbons (Fsp3) is 0.125. The number of carbonyl (C=O) groups excluding carboxylic acids is 1. The lowest BCUT2D eigenvalue weighted by Crippen LogP contribution is -2.22. The number of para-hydroxylation sites is 2. The molecule has 0 aliphatic heterocycles. The minimum Gasteiger partial charge on any atom is -0.495 e. The van der Waals surface area contributed by atoms with E-state index in [0.717, 1.165) is 4.31 Å². The summed E-state index contributed by atoms with van der Waals surface area (Å²) in [5.41, 5.74) is 1.24. The molecule has 35 heavy (non-hydrogen) atoms. The molecule has 0 heterocycles. The minimum absolute atomic E-state index is 0.0453. The first kappa shape index (κ1) is 25.9. The molecule has 184 valence electrons. The number of hydrogen-bond donors (Lipinski definition) is 2. The van der Waals surface area contributed by atoms with Crippen molar-refractivity contribution in [2.24, 2.45) is 0 Å². The number of hydrogen-bond acceptors (Lipinski definition) is 6. The summed E-state index contributed by atoms with van der Waals surface area (Å²) in [4.78, 5) is 12.4. The molecule has 3 aromatic carbocycles. The molecule has 0 atom stereocenters. The van der Waals surface area contributed by atoms with Crippen molar-refractivity contribution in [3.8, 4) is 5.75 Å². The highest BCUT2D eigenvalue weighted by Crippen LogP contribution is 2.26. The Balaban J connectivity index is 1.68. The summed E-state index contributed by atoms with van der Waals surface area (Å²) in [6.07, 6.45) is 2.78. The number of carbonyl (C=O) groups is 1. The second kappa shape index (κ2) is 10.7. The SMILES string of the molecule is COc1ccccc1NS(=O)(=O)c1ccc(C=CC(=O)Nc2cccc(S(=O)(=O)N(C)C)c2)cc1. The van der Waals surface area contributed by atoms with Crippen molar-refractivity contribution in [1.29, 1.82) is 0 Å². The van der Waals surface area contributed by atoms with Crippen LogP contribution in [0.1, 0.15) is 5.56 Å². The monoisotopic (exact) mass is 515 g/mol. The molecule has 9 nitrogen and oxygen atoms in total. The molecule has 0 unspecified atom stereocenters. The minimum atomic E-state index is -3.84. The maximum Gasteiger partial charge on any atom is 0.262 e. The van der Waals surface area contributed by atoms with Crippen molar-refractivity contribution in [3.05, 3.63) is 84.4 Å². The highest BCUT2D eigenvalue weighted by molar-refractivity contribution is 7.92. The Bertz CT molecular complexity index is 1450. The van der Waals surface area contributed by atoms with Crippen molar-refractivity contribution >= 4 is 43.4 Å². The number of nitrogens with zero attached hydrogens (tertiary/aromatic N) is 1. The number of rotatable bonds is 9. The van der Waals surface area contributed by atoms with Crippen LogP contribution in [0.2, 0.25) is 0 Å². The third-order valence-corrected chi connectivity index (χ3v) is 8.04. The van der Waals surface area contributed by atoms with Gasteiger partial charge in [0, 0.05) is 25.9 Å². The summed E-state index contributed by atoms with van der Waals surface area (Å²) < 4.78 is 58.7. The predicted octanol–water partition coefficient (Wildman–Crippen LogP) is 3.40. The molecule has 0 saturated heterocycles. The van der Waals surface area contributed by atoms with Crippen LogP contribution in [0.15, 0.2) is 88.7 Å². The summed E-state index contributed by atoms with van der Waals surface area (Å²) in [5, 5.41) is 2.61. The quantitative estimate of drug-likeness (QED) is 0.421. The van der Waals surface area contributed by atoms with E-state index in [2.05, 4.69) is 10.0 Å². The van der Waals surface area contributed by atoms with E-state index in [-0.39, 0.29) is 9.79 Å². The smallest absolute Gasteiger partial charge is 0.262 e. The Morgan fingerprint density at radius 3 is 2.23 bits per heavy atom. The predicted molar refractivity (Wildman–Crippen MR) is 135 cm³/mol. The van der Waals surface area contributed by atoms with Gasteiger partial charge >= 0.3 is 0 Å². The molecule has 0 aliphatic rings. The summed E-state index contributed by atoms with van der Waals surface area (Å²) in [7, 11) is -3.17. The van der Waals surface area contributed by atoms with Gasteiger partial charge in [0.05, 0.1) is 22.6 Å². The van der Waals surface area contributed by atoms with E-state index in [1.807, 2.05) is 0 Å². The van der Waals surface area contributed by atoms with E-state index in [9.17, 15) is 21.6 Å². The van der Waals surface area contributed by atoms with Gasteiger partial charge in [-0.05, 0) is 54.1 Å². The second-order valence-electron chi connectivity index (χ2n) is 7.51. The van der Waals surface area contributed by atoms with Gasteiger partial charge in [-0.2, -0.15) is 0 Å². The third-order valence-electron chi connectivity index (χ3n) is 4.85. The van der Waals surface area contributed by atoms with Gasteiger partial charge in [-0.1, -0.05) is 30.3 Å². The Labute approximate surface area is 205 Å². The van der Waals surface area contributed by atoms with Crippen molar-refractivity contribution in [2.75, 3.05) is 31.2 Å². The zero-order valence-corrected chi connectivity index (χ0v) is 20.9. The van der Waals surface area contributed by atoms with E-state index >= 15 is 0 Å². The van der Waals surface area contributed by atoms with Crippen LogP contribution in [0, 0.1) is 0 Å². The third kappa shape index (κ3) is 6.47. The highest BCUT2D eigenvalue weighted by Gasteiger charge is 2.18. The Morgan fingerprint density at radius 1 is 0.886 bits per heavy atom. The fourth-order valence-electron chi connectivity index (χ4n) is 2.99. The lowest BCUT2D eigenvalue weighted by atomic mass is 10.2. The molecule has 0 fully saturated rings. The van der Waals surface area contributed by atoms with Gasteiger partial charge in [-0.15, -0.1) is 0 Å². The molecule has 3 rings (SSSR count). The van der Waals surface area contributed by atoms with E-state index < -0.39 is 26.0 Å². The van der Waals surface area contributed by atoms with Crippen LogP contribution < -0.4 is 14.8 Å². The summed E-state index contributed by atoms with van der Waals surface area (Å²) in [6.45, 7) is 0. The molecule has 0 saturated carbocycles. The van der Waals surface area contributed by atoms with Gasteiger partial charge in [0.25, 0.3) is 10.0 Å². The van der Waals surface area contributed by atoms with Crippen molar-refractivity contribution in [2.45, 2.75) is 9.79 Å². The van der Waals surface area contributed by atoms with E-state index in [1.165, 1.54) is 63.7 Å². The Kier molecular flexibility index (Phi) is 7.95. The molecule has 0 bridgehead atoms. The molecule has 3 aromatic rings. The van der Waals surface area contributed by atoms with Crippen LogP contribution in [0.4, 0.5) is 11.4 Å². The largest absolute Gasteiger partial charge is 0.495 e. The van der Waals surface area contributed by atoms with Gasteiger partial charge in [0.1, 0.15) is 5.75 Å². The lowest BCUT2D eigenvalue weighted by Gasteiger charge is -2.12. The molecular weight excluding hydrogens is 490 g/mol. The Hall–Kier alpha value is -3.67. The van der Waals surface area contributed by atoms with Crippen LogP contribution in [0.25, 0.3) is 6.08 Å². The maximum absolute atomic E-state index is 12.7. The lowest BCUT2D eigenvalue weighted by molar-refractivity contribution is -0.111. The summed E-state index contributed by atoms with van der Waals surface area (Å²) in [5.74, 6) is -0.0783. The standard InChI is InChI=1S/C24H25N3O6S2/c1-27(2)35(31,32)21-8-6-7-19(17-21)25-24(28)16-13-18-11-14-20(15-12-18)34(29,30)26-22-9-4-5-10-23(22)33-3/h4-17,26H,1-3H3,(H,25,28). The van der Waals surface area contributed by atoms with Crippen LogP contribution in [-0.2, 0) is 24.8 Å². The highest BCUT2D eigenvalue weighted by atomic mass is 32.2. The molecular formula is C24H25N3O6S2. The summed E-state index contributed by atoms with van der Waals surface area (Å²) in [6, 6.07) is 18.6. The first-order chi connectivity index (χ1) is 16.5. The van der Waals surface area contributed by atoms with Gasteiger partial charge < -0.3 is 10.1 Å². The fourth-order valence-corrected chi connectivity index (χ4v) is 5.01. The van der Waals surface area contributed by atoms with Crippen molar-refractivity contribution in [3.63, 3.8) is 0 Å². The number of anilines is 2. The van der Waals surface area contributed by atoms with Gasteiger partial charge in [0.2, 0.25) is 15.9 Å². The number of benzene rings is 3. The molecule has 1 amide bonds. The van der Waals surface area contributed by atoms with Gasteiger partial charge in [0.15, 0.2) is 0 Å². The molecule has 0 aromatic heterocycles. The van der Waals surface area contributed by atoms with Crippen molar-refractivity contribution in [1.82, 2.24) is 4.31 Å². The zero-order chi connectivity index (χ0) is 25.6. The topological polar surface area (TPSA) is 122 Å². The molecule has 0 spiro atoms. The Morgan fingerprint density at radius 2 is 1.57 bits per heavy atom. The maximum atomic E-state index is 12.7. The van der Waals surface area contributed by atoms with Gasteiger partial charge in [-0.25, -0.2) is 21.1 Å². The van der Waals surface area contributed by atoms with E-state index in [4.69, 9.17) is 4.74 Å². The van der Waals surface area contributed by atoms with Crippen LogP contribution in [-0.4, -0.2) is 48.3 Å². The molecule has 2 N–H and O–H groups in total. The molecule has 0 radical (unpaired) electrons. The van der Waals surface area contributed by atoms with E-state index in [0.29, 0.717) is 22.7 Å². The molecule has 0 aliphatic carbocycles. The number of nitrogens with one attached hydrogen (secondary N) is 2. The first-order valence-corrected chi connectivity index (χ1v) is 13.2. The number of amides is 1.